The zero-order valence-corrected chi connectivity index (χ0v) is 14.3. The highest BCUT2D eigenvalue weighted by atomic mass is 16.4. The van der Waals surface area contributed by atoms with Crippen LogP contribution in [0, 0.1) is 0 Å². The molecule has 1 unspecified atom stereocenters. The van der Waals surface area contributed by atoms with Crippen molar-refractivity contribution >= 4 is 11.0 Å². The first-order valence-electron chi connectivity index (χ1n) is 9.18. The Labute approximate surface area is 142 Å². The predicted octanol–water partition coefficient (Wildman–Crippen LogP) is 3.75. The number of benzene rings is 1. The van der Waals surface area contributed by atoms with Gasteiger partial charge in [0.1, 0.15) is 11.3 Å². The number of aromatic hydroxyl groups is 1. The third-order valence-electron chi connectivity index (χ3n) is 5.77. The van der Waals surface area contributed by atoms with Crippen LogP contribution < -0.4 is 5.63 Å². The topological polar surface area (TPSA) is 53.7 Å². The molecule has 0 radical (unpaired) electrons. The van der Waals surface area contributed by atoms with E-state index in [1.54, 1.807) is 6.07 Å². The monoisotopic (exact) mass is 327 g/mol. The fourth-order valence-electron chi connectivity index (χ4n) is 4.30. The second-order valence-electron chi connectivity index (χ2n) is 7.31. The number of piperidine rings is 1. The summed E-state index contributed by atoms with van der Waals surface area (Å²) in [6.45, 7) is 3.91. The van der Waals surface area contributed by atoms with Gasteiger partial charge in [0.05, 0.1) is 5.56 Å². The SMILES string of the molecule is CC1CCCCN1Cc1c(O)ccc2c3c(c(=O)oc12)CCCC3. The molecule has 1 fully saturated rings. The molecule has 128 valence electrons. The molecule has 1 aliphatic heterocycles. The summed E-state index contributed by atoms with van der Waals surface area (Å²) >= 11 is 0. The maximum Gasteiger partial charge on any atom is 0.339 e. The van der Waals surface area contributed by atoms with E-state index in [2.05, 4.69) is 11.8 Å². The highest BCUT2D eigenvalue weighted by Gasteiger charge is 2.24. The lowest BCUT2D eigenvalue weighted by atomic mass is 9.90. The van der Waals surface area contributed by atoms with Gasteiger partial charge in [0, 0.05) is 23.5 Å². The molecule has 4 heteroatoms. The van der Waals surface area contributed by atoms with E-state index in [1.165, 1.54) is 19.3 Å². The van der Waals surface area contributed by atoms with Gasteiger partial charge in [0.15, 0.2) is 0 Å². The first-order valence-corrected chi connectivity index (χ1v) is 9.18. The first-order chi connectivity index (χ1) is 11.6. The maximum absolute atomic E-state index is 12.4. The zero-order valence-electron chi connectivity index (χ0n) is 14.3. The van der Waals surface area contributed by atoms with Crippen LogP contribution >= 0.6 is 0 Å². The summed E-state index contributed by atoms with van der Waals surface area (Å²) in [5.74, 6) is 0.235. The molecule has 0 saturated carbocycles. The van der Waals surface area contributed by atoms with Crippen LogP contribution in [0.1, 0.15) is 55.7 Å². The van der Waals surface area contributed by atoms with E-state index in [-0.39, 0.29) is 11.4 Å². The summed E-state index contributed by atoms with van der Waals surface area (Å²) in [5.41, 5.74) is 3.14. The Bertz CT molecular complexity index is 824. The van der Waals surface area contributed by atoms with E-state index >= 15 is 0 Å². The summed E-state index contributed by atoms with van der Waals surface area (Å²) in [5, 5.41) is 11.4. The molecule has 1 atom stereocenters. The van der Waals surface area contributed by atoms with Crippen LogP contribution in [0.15, 0.2) is 21.3 Å². The maximum atomic E-state index is 12.4. The van der Waals surface area contributed by atoms with Crippen LogP contribution in [-0.2, 0) is 19.4 Å². The number of aryl methyl sites for hydroxylation is 1. The van der Waals surface area contributed by atoms with Crippen molar-refractivity contribution in [3.8, 4) is 5.75 Å². The number of phenolic OH excluding ortho intramolecular Hbond substituents is 1. The van der Waals surface area contributed by atoms with Crippen molar-refractivity contribution in [2.75, 3.05) is 6.54 Å². The fraction of sp³-hybridized carbons (Fsp3) is 0.550. The molecule has 4 rings (SSSR count). The van der Waals surface area contributed by atoms with E-state index in [0.717, 1.165) is 54.3 Å². The molecule has 1 aromatic carbocycles. The average Bonchev–Trinajstić information content (AvgIpc) is 2.59. The summed E-state index contributed by atoms with van der Waals surface area (Å²) in [6.07, 6.45) is 7.56. The van der Waals surface area contributed by atoms with Crippen molar-refractivity contribution < 1.29 is 9.52 Å². The molecule has 1 N–H and O–H groups in total. The number of nitrogens with zero attached hydrogens (tertiary/aromatic N) is 1. The molecule has 0 spiro atoms. The van der Waals surface area contributed by atoms with Gasteiger partial charge >= 0.3 is 5.63 Å². The van der Waals surface area contributed by atoms with Crippen LogP contribution in [0.4, 0.5) is 0 Å². The van der Waals surface area contributed by atoms with Crippen molar-refractivity contribution in [1.29, 1.82) is 0 Å². The van der Waals surface area contributed by atoms with E-state index in [1.807, 2.05) is 6.07 Å². The molecular formula is C20H25NO3. The van der Waals surface area contributed by atoms with Gasteiger partial charge in [-0.1, -0.05) is 6.42 Å². The predicted molar refractivity (Wildman–Crippen MR) is 94.5 cm³/mol. The third-order valence-corrected chi connectivity index (χ3v) is 5.77. The van der Waals surface area contributed by atoms with Crippen molar-refractivity contribution in [3.05, 3.63) is 39.2 Å². The highest BCUT2D eigenvalue weighted by molar-refractivity contribution is 5.86. The van der Waals surface area contributed by atoms with Gasteiger partial charge in [-0.25, -0.2) is 4.79 Å². The van der Waals surface area contributed by atoms with Gasteiger partial charge in [-0.15, -0.1) is 0 Å². The second kappa shape index (κ2) is 6.25. The number of phenols is 1. The molecule has 0 bridgehead atoms. The van der Waals surface area contributed by atoms with Gasteiger partial charge in [-0.3, -0.25) is 4.90 Å². The van der Waals surface area contributed by atoms with Gasteiger partial charge in [-0.2, -0.15) is 0 Å². The van der Waals surface area contributed by atoms with Gasteiger partial charge in [0.25, 0.3) is 0 Å². The number of rotatable bonds is 2. The van der Waals surface area contributed by atoms with E-state index in [4.69, 9.17) is 4.42 Å². The van der Waals surface area contributed by atoms with Gasteiger partial charge < -0.3 is 9.52 Å². The van der Waals surface area contributed by atoms with Crippen molar-refractivity contribution in [2.24, 2.45) is 0 Å². The van der Waals surface area contributed by atoms with E-state index < -0.39 is 0 Å². The summed E-state index contributed by atoms with van der Waals surface area (Å²) in [6, 6.07) is 4.18. The molecular weight excluding hydrogens is 302 g/mol. The van der Waals surface area contributed by atoms with Gasteiger partial charge in [-0.05, 0) is 69.7 Å². The molecule has 0 amide bonds. The van der Waals surface area contributed by atoms with Crippen LogP contribution in [0.3, 0.4) is 0 Å². The minimum Gasteiger partial charge on any atom is -0.507 e. The van der Waals surface area contributed by atoms with Crippen LogP contribution in [0.25, 0.3) is 11.0 Å². The highest BCUT2D eigenvalue weighted by Crippen LogP contribution is 2.34. The van der Waals surface area contributed by atoms with Crippen molar-refractivity contribution in [3.63, 3.8) is 0 Å². The minimum atomic E-state index is -0.212. The molecule has 1 saturated heterocycles. The Hall–Kier alpha value is -1.81. The molecule has 1 aliphatic carbocycles. The quantitative estimate of drug-likeness (QED) is 0.854. The lowest BCUT2D eigenvalue weighted by molar-refractivity contribution is 0.151. The van der Waals surface area contributed by atoms with Gasteiger partial charge in [0.2, 0.25) is 0 Å². The third kappa shape index (κ3) is 2.63. The number of fused-ring (bicyclic) bond motifs is 3. The van der Waals surface area contributed by atoms with Crippen molar-refractivity contribution in [2.45, 2.75) is 64.5 Å². The Morgan fingerprint density at radius 3 is 2.75 bits per heavy atom. The Balaban J connectivity index is 1.84. The molecule has 4 nitrogen and oxygen atoms in total. The lowest BCUT2D eigenvalue weighted by Crippen LogP contribution is -2.36. The Morgan fingerprint density at radius 2 is 1.96 bits per heavy atom. The number of likely N-dealkylation sites (tertiary alicyclic amines) is 1. The summed E-state index contributed by atoms with van der Waals surface area (Å²) < 4.78 is 5.71. The minimum absolute atomic E-state index is 0.212. The largest absolute Gasteiger partial charge is 0.507 e. The van der Waals surface area contributed by atoms with Crippen LogP contribution in [-0.4, -0.2) is 22.6 Å². The Morgan fingerprint density at radius 1 is 1.17 bits per heavy atom. The molecule has 1 aromatic heterocycles. The average molecular weight is 327 g/mol. The summed E-state index contributed by atoms with van der Waals surface area (Å²) in [4.78, 5) is 14.8. The molecule has 2 aliphatic rings. The summed E-state index contributed by atoms with van der Waals surface area (Å²) in [7, 11) is 0. The van der Waals surface area contributed by atoms with Crippen LogP contribution in [0.5, 0.6) is 5.75 Å². The van der Waals surface area contributed by atoms with E-state index in [9.17, 15) is 9.90 Å². The normalized spacial score (nSPS) is 21.8. The van der Waals surface area contributed by atoms with Crippen LogP contribution in [0.2, 0.25) is 0 Å². The van der Waals surface area contributed by atoms with Crippen molar-refractivity contribution in [1.82, 2.24) is 4.90 Å². The molecule has 2 heterocycles. The lowest BCUT2D eigenvalue weighted by Gasteiger charge is -2.33. The zero-order chi connectivity index (χ0) is 16.7. The molecule has 2 aromatic rings. The fourth-order valence-corrected chi connectivity index (χ4v) is 4.30. The standard InChI is InChI=1S/C20H25NO3/c1-13-6-4-5-11-21(13)12-17-18(22)10-9-15-14-7-2-3-8-16(14)20(23)24-19(15)17/h9-10,13,22H,2-8,11-12H2,1H3. The second-order valence-corrected chi connectivity index (χ2v) is 7.31. The first kappa shape index (κ1) is 15.7. The van der Waals surface area contributed by atoms with E-state index in [0.29, 0.717) is 18.2 Å². The smallest absolute Gasteiger partial charge is 0.339 e. The Kier molecular flexibility index (Phi) is 4.09. The number of hydrogen-bond donors (Lipinski definition) is 1. The molecule has 24 heavy (non-hydrogen) atoms. The number of hydrogen-bond acceptors (Lipinski definition) is 4.